The molecular weight excluding hydrogens is 229 g/mol. The van der Waals surface area contributed by atoms with E-state index in [1.165, 1.54) is 25.3 Å². The van der Waals surface area contributed by atoms with E-state index < -0.39 is 0 Å². The van der Waals surface area contributed by atoms with Gasteiger partial charge >= 0.3 is 0 Å². The fourth-order valence-corrected chi connectivity index (χ4v) is 2.20. The van der Waals surface area contributed by atoms with Crippen molar-refractivity contribution in [2.24, 2.45) is 5.92 Å². The summed E-state index contributed by atoms with van der Waals surface area (Å²) >= 11 is 0. The molecule has 0 amide bonds. The Labute approximate surface area is 109 Å². The van der Waals surface area contributed by atoms with Crippen molar-refractivity contribution in [3.8, 4) is 5.75 Å². The molecule has 0 aromatic heterocycles. The Morgan fingerprint density at radius 3 is 2.78 bits per heavy atom. The highest BCUT2D eigenvalue weighted by Gasteiger charge is 2.24. The van der Waals surface area contributed by atoms with Crippen molar-refractivity contribution >= 4 is 0 Å². The minimum atomic E-state index is -0.192. The summed E-state index contributed by atoms with van der Waals surface area (Å²) in [5.41, 5.74) is 0.713. The summed E-state index contributed by atoms with van der Waals surface area (Å²) < 4.78 is 18.7. The van der Waals surface area contributed by atoms with Crippen molar-refractivity contribution in [3.05, 3.63) is 29.6 Å². The molecule has 18 heavy (non-hydrogen) atoms. The van der Waals surface area contributed by atoms with E-state index in [0.717, 1.165) is 12.3 Å². The molecule has 1 aromatic rings. The number of ether oxygens (including phenoxy) is 1. The third-order valence-electron chi connectivity index (χ3n) is 3.65. The summed E-state index contributed by atoms with van der Waals surface area (Å²) in [7, 11) is 1.55. The van der Waals surface area contributed by atoms with Crippen molar-refractivity contribution in [1.82, 2.24) is 5.32 Å². The van der Waals surface area contributed by atoms with Crippen molar-refractivity contribution in [2.75, 3.05) is 7.11 Å². The number of rotatable bonds is 7. The molecule has 2 nitrogen and oxygen atoms in total. The molecule has 1 fully saturated rings. The van der Waals surface area contributed by atoms with Crippen LogP contribution in [0.25, 0.3) is 0 Å². The zero-order chi connectivity index (χ0) is 13.0. The fraction of sp³-hybridized carbons (Fsp3) is 0.600. The van der Waals surface area contributed by atoms with Crippen LogP contribution < -0.4 is 10.1 Å². The van der Waals surface area contributed by atoms with Crippen LogP contribution in [-0.4, -0.2) is 13.2 Å². The molecule has 1 N–H and O–H groups in total. The molecule has 0 aliphatic heterocycles. The van der Waals surface area contributed by atoms with E-state index in [2.05, 4.69) is 12.2 Å². The molecule has 0 radical (unpaired) electrons. The van der Waals surface area contributed by atoms with Crippen LogP contribution in [0.1, 0.15) is 38.2 Å². The van der Waals surface area contributed by atoms with E-state index >= 15 is 0 Å². The second kappa shape index (κ2) is 6.19. The number of hydrogen-bond donors (Lipinski definition) is 1. The molecule has 1 aromatic carbocycles. The van der Waals surface area contributed by atoms with Gasteiger partial charge in [0.15, 0.2) is 0 Å². The molecule has 2 rings (SSSR count). The minimum absolute atomic E-state index is 0.192. The molecule has 100 valence electrons. The molecule has 0 heterocycles. The normalized spacial score (nSPS) is 16.6. The van der Waals surface area contributed by atoms with Crippen LogP contribution in [-0.2, 0) is 6.54 Å². The van der Waals surface area contributed by atoms with Crippen LogP contribution in [0, 0.1) is 11.7 Å². The average Bonchev–Trinajstić information content (AvgIpc) is 3.19. The number of nitrogens with one attached hydrogen (secondary N) is 1. The van der Waals surface area contributed by atoms with Crippen LogP contribution in [0.15, 0.2) is 18.2 Å². The first-order valence-corrected chi connectivity index (χ1v) is 6.78. The lowest BCUT2D eigenvalue weighted by molar-refractivity contribution is 0.408. The molecule has 1 saturated carbocycles. The van der Waals surface area contributed by atoms with Crippen LogP contribution >= 0.6 is 0 Å². The Bertz CT molecular complexity index is 390. The van der Waals surface area contributed by atoms with E-state index in [9.17, 15) is 4.39 Å². The number of methoxy groups -OCH3 is 1. The van der Waals surface area contributed by atoms with Gasteiger partial charge in [-0.15, -0.1) is 0 Å². The first-order valence-electron chi connectivity index (χ1n) is 6.78. The van der Waals surface area contributed by atoms with E-state index in [1.54, 1.807) is 13.2 Å². The highest BCUT2D eigenvalue weighted by atomic mass is 19.1. The van der Waals surface area contributed by atoms with Crippen molar-refractivity contribution in [1.29, 1.82) is 0 Å². The van der Waals surface area contributed by atoms with Gasteiger partial charge in [0.1, 0.15) is 11.6 Å². The van der Waals surface area contributed by atoms with Crippen molar-refractivity contribution in [2.45, 2.75) is 45.2 Å². The lowest BCUT2D eigenvalue weighted by atomic mass is 10.1. The van der Waals surface area contributed by atoms with Crippen molar-refractivity contribution < 1.29 is 9.13 Å². The first-order chi connectivity index (χ1) is 8.72. The van der Waals surface area contributed by atoms with E-state index in [1.807, 2.05) is 6.07 Å². The molecule has 0 bridgehead atoms. The third kappa shape index (κ3) is 3.70. The van der Waals surface area contributed by atoms with Gasteiger partial charge < -0.3 is 10.1 Å². The van der Waals surface area contributed by atoms with Gasteiger partial charge in [-0.25, -0.2) is 4.39 Å². The van der Waals surface area contributed by atoms with E-state index in [-0.39, 0.29) is 5.82 Å². The topological polar surface area (TPSA) is 21.3 Å². The maximum absolute atomic E-state index is 13.7. The lowest BCUT2D eigenvalue weighted by Gasteiger charge is -2.17. The number of benzene rings is 1. The van der Waals surface area contributed by atoms with E-state index in [4.69, 9.17) is 4.74 Å². The lowest BCUT2D eigenvalue weighted by Crippen LogP contribution is -2.28. The zero-order valence-corrected chi connectivity index (χ0v) is 11.2. The molecule has 1 unspecified atom stereocenters. The first kappa shape index (κ1) is 13.3. The second-order valence-corrected chi connectivity index (χ2v) is 5.12. The number of halogens is 1. The summed E-state index contributed by atoms with van der Waals surface area (Å²) in [5, 5.41) is 3.45. The monoisotopic (exact) mass is 251 g/mol. The fourth-order valence-electron chi connectivity index (χ4n) is 2.20. The van der Waals surface area contributed by atoms with Gasteiger partial charge in [-0.3, -0.25) is 0 Å². The minimum Gasteiger partial charge on any atom is -0.497 e. The quantitative estimate of drug-likeness (QED) is 0.800. The standard InChI is InChI=1S/C15H22FNO/c1-3-13(8-11-4-5-11)17-10-12-6-7-14(18-2)9-15(12)16/h6-7,9,11,13,17H,3-5,8,10H2,1-2H3. The molecule has 1 atom stereocenters. The van der Waals surface area contributed by atoms with Crippen LogP contribution in [0.5, 0.6) is 5.75 Å². The highest BCUT2D eigenvalue weighted by molar-refractivity contribution is 5.28. The highest BCUT2D eigenvalue weighted by Crippen LogP contribution is 2.34. The molecule has 0 spiro atoms. The third-order valence-corrected chi connectivity index (χ3v) is 3.65. The Balaban J connectivity index is 1.87. The molecule has 3 heteroatoms. The van der Waals surface area contributed by atoms with Gasteiger partial charge in [-0.05, 0) is 24.8 Å². The van der Waals surface area contributed by atoms with Crippen LogP contribution in [0.2, 0.25) is 0 Å². The molecule has 1 aliphatic rings. The van der Waals surface area contributed by atoms with Crippen LogP contribution in [0.3, 0.4) is 0 Å². The van der Waals surface area contributed by atoms with Crippen LogP contribution in [0.4, 0.5) is 4.39 Å². The van der Waals surface area contributed by atoms with Crippen molar-refractivity contribution in [3.63, 3.8) is 0 Å². The Morgan fingerprint density at radius 1 is 1.44 bits per heavy atom. The van der Waals surface area contributed by atoms with Gasteiger partial charge in [0, 0.05) is 24.2 Å². The van der Waals surface area contributed by atoms with Gasteiger partial charge in [0.2, 0.25) is 0 Å². The summed E-state index contributed by atoms with van der Waals surface area (Å²) in [4.78, 5) is 0. The number of hydrogen-bond acceptors (Lipinski definition) is 2. The van der Waals surface area contributed by atoms with E-state index in [0.29, 0.717) is 23.9 Å². The zero-order valence-electron chi connectivity index (χ0n) is 11.2. The summed E-state index contributed by atoms with van der Waals surface area (Å²) in [6, 6.07) is 5.56. The smallest absolute Gasteiger partial charge is 0.131 e. The summed E-state index contributed by atoms with van der Waals surface area (Å²) in [6.07, 6.45) is 5.08. The Kier molecular flexibility index (Phi) is 4.59. The van der Waals surface area contributed by atoms with Gasteiger partial charge in [0.05, 0.1) is 7.11 Å². The predicted octanol–water partition coefficient (Wildman–Crippen LogP) is 3.50. The summed E-state index contributed by atoms with van der Waals surface area (Å²) in [5.74, 6) is 1.28. The molecule has 0 saturated heterocycles. The summed E-state index contributed by atoms with van der Waals surface area (Å²) in [6.45, 7) is 2.78. The second-order valence-electron chi connectivity index (χ2n) is 5.12. The van der Waals surface area contributed by atoms with Gasteiger partial charge in [-0.2, -0.15) is 0 Å². The molecular formula is C15H22FNO. The largest absolute Gasteiger partial charge is 0.497 e. The Hall–Kier alpha value is -1.09. The van der Waals surface area contributed by atoms with Gasteiger partial charge in [0.25, 0.3) is 0 Å². The SMILES string of the molecule is CCC(CC1CC1)NCc1ccc(OC)cc1F. The maximum Gasteiger partial charge on any atom is 0.131 e. The Morgan fingerprint density at radius 2 is 2.22 bits per heavy atom. The predicted molar refractivity (Wildman–Crippen MR) is 71.2 cm³/mol. The average molecular weight is 251 g/mol. The van der Waals surface area contributed by atoms with Gasteiger partial charge in [-0.1, -0.05) is 25.8 Å². The maximum atomic E-state index is 13.7. The molecule has 1 aliphatic carbocycles.